The third-order valence-corrected chi connectivity index (χ3v) is 8.16. The first-order valence-electron chi connectivity index (χ1n) is 12.3. The summed E-state index contributed by atoms with van der Waals surface area (Å²) >= 11 is 0. The van der Waals surface area contributed by atoms with E-state index in [4.69, 9.17) is 4.74 Å². The summed E-state index contributed by atoms with van der Waals surface area (Å²) in [5.74, 6) is 2.64. The fourth-order valence-electron chi connectivity index (χ4n) is 7.18. The maximum absolute atomic E-state index is 12.9. The fourth-order valence-corrected chi connectivity index (χ4v) is 7.18. The van der Waals surface area contributed by atoms with Crippen molar-refractivity contribution in [3.63, 3.8) is 0 Å². The quantitative estimate of drug-likeness (QED) is 0.715. The predicted octanol–water partition coefficient (Wildman–Crippen LogP) is 4.32. The molecule has 2 amide bonds. The number of ether oxygens (including phenoxy) is 1. The Morgan fingerprint density at radius 1 is 1.06 bits per heavy atom. The summed E-state index contributed by atoms with van der Waals surface area (Å²) in [6, 6.07) is 7.67. The minimum absolute atomic E-state index is 0.125. The van der Waals surface area contributed by atoms with Crippen LogP contribution >= 0.6 is 0 Å². The number of rotatable bonds is 5. The molecule has 0 unspecified atom stereocenters. The lowest BCUT2D eigenvalue weighted by Gasteiger charge is -2.57. The van der Waals surface area contributed by atoms with E-state index in [1.165, 1.54) is 49.0 Å². The highest BCUT2D eigenvalue weighted by atomic mass is 16.6. The Kier molecular flexibility index (Phi) is 5.68. The molecule has 6 nitrogen and oxygen atoms in total. The second-order valence-corrected chi connectivity index (χ2v) is 11.3. The van der Waals surface area contributed by atoms with Gasteiger partial charge in [-0.3, -0.25) is 9.69 Å². The van der Waals surface area contributed by atoms with Gasteiger partial charge in [0.2, 0.25) is 5.91 Å². The zero-order chi connectivity index (χ0) is 22.5. The molecule has 5 fully saturated rings. The van der Waals surface area contributed by atoms with Crippen LogP contribution in [-0.2, 0) is 14.9 Å². The van der Waals surface area contributed by atoms with E-state index in [9.17, 15) is 14.7 Å². The number of aliphatic hydroxyl groups excluding tert-OH is 1. The Labute approximate surface area is 190 Å². The van der Waals surface area contributed by atoms with E-state index >= 15 is 0 Å². The van der Waals surface area contributed by atoms with Gasteiger partial charge in [0.1, 0.15) is 6.04 Å². The van der Waals surface area contributed by atoms with Crippen LogP contribution < -0.4 is 5.32 Å². The van der Waals surface area contributed by atoms with Gasteiger partial charge in [-0.15, -0.1) is 0 Å². The van der Waals surface area contributed by atoms with Crippen LogP contribution in [0.2, 0.25) is 0 Å². The van der Waals surface area contributed by atoms with Crippen LogP contribution in [0.15, 0.2) is 24.3 Å². The molecule has 1 aromatic carbocycles. The zero-order valence-electron chi connectivity index (χ0n) is 19.3. The van der Waals surface area contributed by atoms with E-state index in [-0.39, 0.29) is 24.8 Å². The summed E-state index contributed by atoms with van der Waals surface area (Å²) in [7, 11) is 0. The lowest BCUT2D eigenvalue weighted by molar-refractivity contribution is -0.120. The van der Waals surface area contributed by atoms with Crippen LogP contribution in [0.25, 0.3) is 0 Å². The molecule has 0 aromatic heterocycles. The van der Waals surface area contributed by atoms with E-state index in [1.54, 1.807) is 0 Å². The predicted molar refractivity (Wildman–Crippen MR) is 122 cm³/mol. The number of hydrogen-bond donors (Lipinski definition) is 2. The van der Waals surface area contributed by atoms with Crippen molar-refractivity contribution in [3.8, 4) is 0 Å². The average Bonchev–Trinajstić information content (AvgIpc) is 3.13. The minimum atomic E-state index is -0.715. The number of amides is 2. The van der Waals surface area contributed by atoms with Crippen LogP contribution in [0.4, 0.5) is 10.5 Å². The van der Waals surface area contributed by atoms with Gasteiger partial charge in [0.05, 0.1) is 19.3 Å². The Bertz CT molecular complexity index is 830. The van der Waals surface area contributed by atoms with Crippen molar-refractivity contribution in [1.82, 2.24) is 4.90 Å². The number of β-amino-alcohol motifs (C(OH)–C–C–N with tert-alkyl or cyclic N) is 1. The first-order valence-corrected chi connectivity index (χ1v) is 12.3. The maximum Gasteiger partial charge on any atom is 0.410 e. The molecule has 174 valence electrons. The molecule has 1 aliphatic heterocycles. The highest BCUT2D eigenvalue weighted by Gasteiger charge is 2.51. The zero-order valence-corrected chi connectivity index (χ0v) is 19.3. The summed E-state index contributed by atoms with van der Waals surface area (Å²) < 4.78 is 5.29. The highest BCUT2D eigenvalue weighted by Crippen LogP contribution is 2.60. The molecule has 4 aliphatic carbocycles. The Morgan fingerprint density at radius 3 is 2.22 bits per heavy atom. The van der Waals surface area contributed by atoms with Crippen LogP contribution in [0.5, 0.6) is 0 Å². The molecule has 4 bridgehead atoms. The van der Waals surface area contributed by atoms with E-state index in [1.807, 2.05) is 26.0 Å². The summed E-state index contributed by atoms with van der Waals surface area (Å²) in [6.45, 7) is 4.35. The number of likely N-dealkylation sites (tertiary alicyclic amines) is 1. The molecular weight excluding hydrogens is 404 g/mol. The van der Waals surface area contributed by atoms with Gasteiger partial charge in [-0.2, -0.15) is 0 Å². The topological polar surface area (TPSA) is 78.9 Å². The van der Waals surface area contributed by atoms with Gasteiger partial charge in [-0.25, -0.2) is 4.79 Å². The number of aliphatic hydroxyl groups is 1. The fraction of sp³-hybridized carbons (Fsp3) is 0.692. The van der Waals surface area contributed by atoms with Crippen molar-refractivity contribution in [2.45, 2.75) is 76.4 Å². The smallest absolute Gasteiger partial charge is 0.410 e. The van der Waals surface area contributed by atoms with E-state index in [0.717, 1.165) is 23.4 Å². The van der Waals surface area contributed by atoms with Gasteiger partial charge in [0.25, 0.3) is 0 Å². The number of benzene rings is 1. The summed E-state index contributed by atoms with van der Waals surface area (Å²) in [4.78, 5) is 26.7. The minimum Gasteiger partial charge on any atom is -0.449 e. The van der Waals surface area contributed by atoms with Crippen LogP contribution in [-0.4, -0.2) is 47.3 Å². The SMILES string of the molecule is CC(C)COC(=O)N1C[C@@H](O)C[C@H]1C(=O)Nc1ccc(C23CC4CC(CC(C4)C2)C3)cc1. The molecule has 6 heteroatoms. The molecule has 6 rings (SSSR count). The van der Waals surface area contributed by atoms with Crippen molar-refractivity contribution in [3.05, 3.63) is 29.8 Å². The van der Waals surface area contributed by atoms with Gasteiger partial charge < -0.3 is 15.2 Å². The highest BCUT2D eigenvalue weighted by molar-refractivity contribution is 5.97. The molecule has 2 N–H and O–H groups in total. The van der Waals surface area contributed by atoms with Crippen molar-refractivity contribution >= 4 is 17.7 Å². The van der Waals surface area contributed by atoms with Crippen LogP contribution in [0.3, 0.4) is 0 Å². The largest absolute Gasteiger partial charge is 0.449 e. The number of carbonyl (C=O) groups excluding carboxylic acids is 2. The summed E-state index contributed by atoms with van der Waals surface area (Å²) in [5, 5.41) is 13.0. The molecule has 5 aliphatic rings. The molecule has 4 saturated carbocycles. The second-order valence-electron chi connectivity index (χ2n) is 11.3. The van der Waals surface area contributed by atoms with Crippen molar-refractivity contribution in [2.75, 3.05) is 18.5 Å². The Hall–Kier alpha value is -2.08. The molecule has 0 spiro atoms. The van der Waals surface area contributed by atoms with Crippen molar-refractivity contribution in [1.29, 1.82) is 0 Å². The van der Waals surface area contributed by atoms with Gasteiger partial charge >= 0.3 is 6.09 Å². The molecule has 0 radical (unpaired) electrons. The Morgan fingerprint density at radius 2 is 1.66 bits per heavy atom. The molecule has 32 heavy (non-hydrogen) atoms. The number of nitrogens with zero attached hydrogens (tertiary/aromatic N) is 1. The van der Waals surface area contributed by atoms with E-state index < -0.39 is 18.2 Å². The third kappa shape index (κ3) is 4.14. The number of nitrogens with one attached hydrogen (secondary N) is 1. The van der Waals surface area contributed by atoms with Gasteiger partial charge in [-0.05, 0) is 85.3 Å². The first kappa shape index (κ1) is 21.7. The van der Waals surface area contributed by atoms with Gasteiger partial charge in [0.15, 0.2) is 0 Å². The van der Waals surface area contributed by atoms with Crippen molar-refractivity contribution < 1.29 is 19.4 Å². The van der Waals surface area contributed by atoms with Gasteiger partial charge in [-0.1, -0.05) is 26.0 Å². The van der Waals surface area contributed by atoms with E-state index in [2.05, 4.69) is 17.4 Å². The summed E-state index contributed by atoms with van der Waals surface area (Å²) in [5.41, 5.74) is 2.49. The maximum atomic E-state index is 12.9. The number of anilines is 1. The number of hydrogen-bond acceptors (Lipinski definition) is 4. The third-order valence-electron chi connectivity index (χ3n) is 8.16. The monoisotopic (exact) mass is 440 g/mol. The van der Waals surface area contributed by atoms with Crippen LogP contribution in [0, 0.1) is 23.7 Å². The lowest BCUT2D eigenvalue weighted by atomic mass is 9.48. The molecular formula is C26H36N2O4. The first-order chi connectivity index (χ1) is 15.3. The van der Waals surface area contributed by atoms with Crippen molar-refractivity contribution in [2.24, 2.45) is 23.7 Å². The second kappa shape index (κ2) is 8.36. The molecule has 1 heterocycles. The lowest BCUT2D eigenvalue weighted by Crippen LogP contribution is -2.48. The average molecular weight is 441 g/mol. The standard InChI is InChI=1S/C26H36N2O4/c1-16(2)15-32-25(31)28-14-22(29)10-23(28)24(30)27-21-5-3-20(4-6-21)26-11-17-7-18(12-26)9-19(8-17)13-26/h3-6,16-19,22-23,29H,7-15H2,1-2H3,(H,27,30)/t17?,18?,19?,22-,23-,26?/m0/s1. The molecule has 1 aromatic rings. The Balaban J connectivity index is 1.24. The molecule has 1 saturated heterocycles. The van der Waals surface area contributed by atoms with E-state index in [0.29, 0.717) is 12.0 Å². The normalized spacial score (nSPS) is 35.4. The van der Waals surface area contributed by atoms with Crippen LogP contribution in [0.1, 0.15) is 64.4 Å². The molecule has 2 atom stereocenters. The van der Waals surface area contributed by atoms with Gasteiger partial charge in [0, 0.05) is 12.1 Å². The summed E-state index contributed by atoms with van der Waals surface area (Å²) in [6.07, 6.45) is 7.22. The number of carbonyl (C=O) groups is 2.